The van der Waals surface area contributed by atoms with Gasteiger partial charge in [0.15, 0.2) is 23.3 Å². The van der Waals surface area contributed by atoms with Crippen molar-refractivity contribution in [2.45, 2.75) is 52.6 Å². The second-order valence-electron chi connectivity index (χ2n) is 9.28. The van der Waals surface area contributed by atoms with Gasteiger partial charge >= 0.3 is 0 Å². The van der Waals surface area contributed by atoms with E-state index >= 15 is 0 Å². The minimum Gasteiger partial charge on any atom is -0.342 e. The van der Waals surface area contributed by atoms with E-state index in [9.17, 15) is 18.0 Å². The third-order valence-electron chi connectivity index (χ3n) is 6.09. The maximum absolute atomic E-state index is 13.5. The lowest BCUT2D eigenvalue weighted by molar-refractivity contribution is -0.120. The van der Waals surface area contributed by atoms with E-state index in [1.807, 2.05) is 6.92 Å². The van der Waals surface area contributed by atoms with Crippen LogP contribution in [0.15, 0.2) is 30.7 Å². The van der Waals surface area contributed by atoms with Crippen molar-refractivity contribution in [1.82, 2.24) is 19.7 Å². The van der Waals surface area contributed by atoms with Crippen molar-refractivity contribution in [3.05, 3.63) is 65.1 Å². The zero-order valence-corrected chi connectivity index (χ0v) is 20.3. The number of nitrogens with zero attached hydrogens (tertiary/aromatic N) is 6. The molecule has 0 bridgehead atoms. The number of aryl methyl sites for hydroxylation is 2. The van der Waals surface area contributed by atoms with E-state index in [0.29, 0.717) is 36.7 Å². The van der Waals surface area contributed by atoms with Gasteiger partial charge in [-0.1, -0.05) is 20.8 Å². The predicted molar refractivity (Wildman–Crippen MR) is 127 cm³/mol. The average Bonchev–Trinajstić information content (AvgIpc) is 3.26. The summed E-state index contributed by atoms with van der Waals surface area (Å²) in [4.78, 5) is 25.9. The Labute approximate surface area is 202 Å². The summed E-state index contributed by atoms with van der Waals surface area (Å²) in [6.45, 7) is 7.07. The van der Waals surface area contributed by atoms with Gasteiger partial charge in [-0.15, -0.1) is 0 Å². The second-order valence-corrected chi connectivity index (χ2v) is 9.28. The first-order chi connectivity index (χ1) is 16.7. The van der Waals surface area contributed by atoms with Gasteiger partial charge in [0.25, 0.3) is 0 Å². The molecular weight excluding hydrogens is 457 g/mol. The summed E-state index contributed by atoms with van der Waals surface area (Å²) in [6.07, 6.45) is 7.02. The van der Waals surface area contributed by atoms with Gasteiger partial charge in [0, 0.05) is 26.2 Å². The third kappa shape index (κ3) is 5.16. The largest absolute Gasteiger partial charge is 0.342 e. The Bertz CT molecular complexity index is 1200. The lowest BCUT2D eigenvalue weighted by Crippen LogP contribution is -2.53. The number of carbonyl (C=O) groups excluding carboxylic acids is 1. The number of hydrogen-bond acceptors (Lipinski definition) is 5. The Morgan fingerprint density at radius 2 is 1.77 bits per heavy atom. The fourth-order valence-electron chi connectivity index (χ4n) is 4.36. The highest BCUT2D eigenvalue weighted by molar-refractivity contribution is 6.04. The molecule has 0 unspecified atom stereocenters. The van der Waals surface area contributed by atoms with Gasteiger partial charge in [0.1, 0.15) is 17.6 Å². The number of amides is 1. The lowest BCUT2D eigenvalue weighted by atomic mass is 10.0. The van der Waals surface area contributed by atoms with Crippen LogP contribution in [0.2, 0.25) is 0 Å². The Hall–Kier alpha value is -3.43. The summed E-state index contributed by atoms with van der Waals surface area (Å²) < 4.78 is 41.7. The molecule has 186 valence electrons. The van der Waals surface area contributed by atoms with Crippen LogP contribution in [0.1, 0.15) is 44.1 Å². The Balaban J connectivity index is 1.49. The molecule has 1 aromatic carbocycles. The summed E-state index contributed by atoms with van der Waals surface area (Å²) in [5.41, 5.74) is 1.89. The highest BCUT2D eigenvalue weighted by atomic mass is 19.2. The molecule has 0 fully saturated rings. The first-order valence-corrected chi connectivity index (χ1v) is 11.7. The number of carbonyl (C=O) groups is 1. The van der Waals surface area contributed by atoms with Crippen molar-refractivity contribution in [2.75, 3.05) is 23.4 Å². The van der Waals surface area contributed by atoms with Crippen LogP contribution in [0.25, 0.3) is 0 Å². The van der Waals surface area contributed by atoms with Crippen molar-refractivity contribution in [3.63, 3.8) is 0 Å². The standard InChI is InChI=1S/C25H29F3N6O/c1-5-20-25(35)32(4)21-11-29-22(31-24(21)34(20)12-15(2)3)7-6-16-10-30-33(13-16)14-17-8-18(26)23(28)19(27)9-17/h8-11,13,15,20H,5-7,12,14H2,1-4H3/t20-/m0/s1. The summed E-state index contributed by atoms with van der Waals surface area (Å²) >= 11 is 0. The van der Waals surface area contributed by atoms with E-state index in [1.54, 1.807) is 35.2 Å². The third-order valence-corrected chi connectivity index (χ3v) is 6.09. The number of aromatic nitrogens is 4. The van der Waals surface area contributed by atoms with Crippen molar-refractivity contribution in [3.8, 4) is 0 Å². The van der Waals surface area contributed by atoms with Crippen LogP contribution >= 0.6 is 0 Å². The molecule has 1 aliphatic rings. The molecule has 1 atom stereocenters. The molecule has 0 aliphatic carbocycles. The van der Waals surface area contributed by atoms with Gasteiger partial charge in [0.05, 0.1) is 18.9 Å². The molecule has 35 heavy (non-hydrogen) atoms. The van der Waals surface area contributed by atoms with E-state index in [-0.39, 0.29) is 24.1 Å². The molecule has 7 nitrogen and oxygen atoms in total. The van der Waals surface area contributed by atoms with Crippen molar-refractivity contribution in [2.24, 2.45) is 5.92 Å². The van der Waals surface area contributed by atoms with E-state index in [4.69, 9.17) is 4.98 Å². The molecule has 4 rings (SSSR count). The molecule has 10 heteroatoms. The Kier molecular flexibility index (Phi) is 7.09. The number of likely N-dealkylation sites (N-methyl/N-ethyl adjacent to an activating group) is 1. The Morgan fingerprint density at radius 3 is 2.43 bits per heavy atom. The highest BCUT2D eigenvalue weighted by Crippen LogP contribution is 2.34. The van der Waals surface area contributed by atoms with Crippen molar-refractivity contribution < 1.29 is 18.0 Å². The lowest BCUT2D eigenvalue weighted by Gasteiger charge is -2.41. The van der Waals surface area contributed by atoms with E-state index in [0.717, 1.165) is 30.1 Å². The molecule has 3 heterocycles. The average molecular weight is 487 g/mol. The van der Waals surface area contributed by atoms with E-state index < -0.39 is 17.5 Å². The maximum Gasteiger partial charge on any atom is 0.249 e. The molecule has 3 aromatic rings. The van der Waals surface area contributed by atoms with Gasteiger partial charge in [-0.2, -0.15) is 5.10 Å². The zero-order chi connectivity index (χ0) is 25.3. The van der Waals surface area contributed by atoms with Crippen LogP contribution in [0, 0.1) is 23.4 Å². The van der Waals surface area contributed by atoms with Crippen molar-refractivity contribution in [1.29, 1.82) is 0 Å². The number of hydrogen-bond donors (Lipinski definition) is 0. The molecule has 0 saturated heterocycles. The van der Waals surface area contributed by atoms with Gasteiger partial charge in [-0.25, -0.2) is 23.1 Å². The summed E-state index contributed by atoms with van der Waals surface area (Å²) in [5, 5.41) is 4.24. The molecule has 0 saturated carbocycles. The molecule has 0 radical (unpaired) electrons. The predicted octanol–water partition coefficient (Wildman–Crippen LogP) is 4.14. The van der Waals surface area contributed by atoms with Crippen LogP contribution in [-0.4, -0.2) is 45.3 Å². The van der Waals surface area contributed by atoms with Gasteiger partial charge in [-0.05, 0) is 42.0 Å². The van der Waals surface area contributed by atoms with Gasteiger partial charge in [-0.3, -0.25) is 9.48 Å². The highest BCUT2D eigenvalue weighted by Gasteiger charge is 2.37. The number of benzene rings is 1. The SMILES string of the molecule is CC[C@H]1C(=O)N(C)c2cnc(CCc3cnn(Cc4cc(F)c(F)c(F)c4)c3)nc2N1CC(C)C. The number of rotatable bonds is 8. The summed E-state index contributed by atoms with van der Waals surface area (Å²) in [7, 11) is 1.76. The molecule has 0 N–H and O–H groups in total. The van der Waals surface area contributed by atoms with Crippen molar-refractivity contribution >= 4 is 17.4 Å². The fraction of sp³-hybridized carbons (Fsp3) is 0.440. The van der Waals surface area contributed by atoms with Crippen LogP contribution in [0.3, 0.4) is 0 Å². The van der Waals surface area contributed by atoms with E-state index in [2.05, 4.69) is 28.8 Å². The Morgan fingerprint density at radius 1 is 1.06 bits per heavy atom. The first kappa shape index (κ1) is 24.7. The molecule has 2 aromatic heterocycles. The summed E-state index contributed by atoms with van der Waals surface area (Å²) in [6, 6.07) is 1.68. The minimum atomic E-state index is -1.48. The van der Waals surface area contributed by atoms with Crippen LogP contribution in [0.4, 0.5) is 24.7 Å². The monoisotopic (exact) mass is 486 g/mol. The maximum atomic E-state index is 13.5. The fourth-order valence-corrected chi connectivity index (χ4v) is 4.36. The molecule has 1 amide bonds. The number of fused-ring (bicyclic) bond motifs is 1. The number of halogens is 3. The van der Waals surface area contributed by atoms with Crippen LogP contribution in [0.5, 0.6) is 0 Å². The first-order valence-electron chi connectivity index (χ1n) is 11.7. The topological polar surface area (TPSA) is 67.2 Å². The van der Waals surface area contributed by atoms with Crippen LogP contribution in [-0.2, 0) is 24.2 Å². The minimum absolute atomic E-state index is 0.0466. The molecule has 0 spiro atoms. The second kappa shape index (κ2) is 10.1. The van der Waals surface area contributed by atoms with E-state index in [1.165, 1.54) is 0 Å². The molecular formula is C25H29F3N6O. The normalized spacial score (nSPS) is 15.8. The smallest absolute Gasteiger partial charge is 0.249 e. The quantitative estimate of drug-likeness (QED) is 0.448. The molecule has 1 aliphatic heterocycles. The van der Waals surface area contributed by atoms with Gasteiger partial charge in [0.2, 0.25) is 5.91 Å². The summed E-state index contributed by atoms with van der Waals surface area (Å²) in [5.74, 6) is -2.08. The zero-order valence-electron chi connectivity index (χ0n) is 20.3. The number of anilines is 2. The van der Waals surface area contributed by atoms with Crippen LogP contribution < -0.4 is 9.80 Å². The van der Waals surface area contributed by atoms with Gasteiger partial charge < -0.3 is 9.80 Å².